The molecule has 0 saturated carbocycles. The van der Waals surface area contributed by atoms with E-state index in [9.17, 15) is 18.4 Å². The molecule has 10 heavy (non-hydrogen) atoms. The summed E-state index contributed by atoms with van der Waals surface area (Å²) in [7, 11) is 0. The molecule has 0 fully saturated rings. The van der Waals surface area contributed by atoms with Gasteiger partial charge in [0.05, 0.1) is 0 Å². The Morgan fingerprint density at radius 2 is 1.80 bits per heavy atom. The van der Waals surface area contributed by atoms with E-state index in [1.54, 1.807) is 0 Å². The second kappa shape index (κ2) is 3.61. The van der Waals surface area contributed by atoms with Gasteiger partial charge in [-0.2, -0.15) is 0 Å². The minimum atomic E-state index is -3.16. The Kier molecular flexibility index (Phi) is 3.42. The molecule has 0 rings (SSSR count). The van der Waals surface area contributed by atoms with Crippen molar-refractivity contribution in [1.29, 1.82) is 0 Å². The molecule has 0 amide bonds. The summed E-state index contributed by atoms with van der Waals surface area (Å²) in [6.07, 6.45) is -3.16. The van der Waals surface area contributed by atoms with E-state index in [0.717, 1.165) is 6.92 Å². The zero-order chi connectivity index (χ0) is 8.31. The van der Waals surface area contributed by atoms with Gasteiger partial charge in [-0.25, -0.2) is 8.78 Å². The molecule has 0 aliphatic heterocycles. The normalized spacial score (nSPS) is 13.3. The Morgan fingerprint density at radius 1 is 1.40 bits per heavy atom. The van der Waals surface area contributed by atoms with Crippen LogP contribution in [-0.4, -0.2) is 23.4 Å². The number of carbonyl (C=O) groups excluding carboxylic acids is 2. The first kappa shape index (κ1) is 9.49. The molecule has 0 bridgehead atoms. The van der Waals surface area contributed by atoms with Gasteiger partial charge in [0.15, 0.2) is 11.2 Å². The quantitative estimate of drug-likeness (QED) is 0.468. The van der Waals surface area contributed by atoms with Gasteiger partial charge in [0.25, 0.3) is 6.43 Å². The Hall–Kier alpha value is -0.510. The first-order valence-corrected chi connectivity index (χ1v) is 2.87. The maximum Gasteiger partial charge on any atom is 0.297 e. The van der Waals surface area contributed by atoms with Crippen molar-refractivity contribution in [2.75, 3.05) is 0 Å². The molecule has 1 atom stereocenters. The molecule has 0 aliphatic rings. The molecular formula is C5H5ClF2O2. The summed E-state index contributed by atoms with van der Waals surface area (Å²) in [5.74, 6) is -2.29. The number of ketones is 2. The van der Waals surface area contributed by atoms with Gasteiger partial charge >= 0.3 is 0 Å². The highest BCUT2D eigenvalue weighted by molar-refractivity contribution is 6.42. The summed E-state index contributed by atoms with van der Waals surface area (Å²) in [6, 6.07) is 0. The van der Waals surface area contributed by atoms with E-state index in [2.05, 4.69) is 0 Å². The molecule has 0 aromatic carbocycles. The maximum absolute atomic E-state index is 11.5. The second-order valence-corrected chi connectivity index (χ2v) is 2.11. The number of halogens is 3. The van der Waals surface area contributed by atoms with Gasteiger partial charge in [-0.1, -0.05) is 0 Å². The van der Waals surface area contributed by atoms with Crippen LogP contribution in [0.15, 0.2) is 0 Å². The van der Waals surface area contributed by atoms with E-state index in [1.807, 2.05) is 0 Å². The van der Waals surface area contributed by atoms with Crippen LogP contribution in [-0.2, 0) is 9.59 Å². The van der Waals surface area contributed by atoms with E-state index in [-0.39, 0.29) is 0 Å². The molecule has 0 aromatic rings. The average Bonchev–Trinajstić information content (AvgIpc) is 1.84. The summed E-state index contributed by atoms with van der Waals surface area (Å²) in [5, 5.41) is -1.69. The van der Waals surface area contributed by atoms with Gasteiger partial charge in [0.2, 0.25) is 5.78 Å². The first-order chi connectivity index (χ1) is 4.46. The minimum Gasteiger partial charge on any atom is -0.298 e. The fourth-order valence-corrected chi connectivity index (χ4v) is 0.406. The molecule has 0 N–H and O–H groups in total. The highest BCUT2D eigenvalue weighted by Gasteiger charge is 2.27. The van der Waals surface area contributed by atoms with Crippen LogP contribution in [0.5, 0.6) is 0 Å². The van der Waals surface area contributed by atoms with Crippen molar-refractivity contribution in [1.82, 2.24) is 0 Å². The monoisotopic (exact) mass is 170 g/mol. The summed E-state index contributed by atoms with van der Waals surface area (Å²) in [6.45, 7) is 0.984. The first-order valence-electron chi connectivity index (χ1n) is 2.43. The van der Waals surface area contributed by atoms with Crippen LogP contribution in [0.3, 0.4) is 0 Å². The summed E-state index contributed by atoms with van der Waals surface area (Å²) < 4.78 is 22.9. The van der Waals surface area contributed by atoms with Crippen molar-refractivity contribution < 1.29 is 18.4 Å². The number of hydrogen-bond acceptors (Lipinski definition) is 2. The van der Waals surface area contributed by atoms with Crippen molar-refractivity contribution in [2.45, 2.75) is 18.7 Å². The number of carbonyl (C=O) groups is 2. The lowest BCUT2D eigenvalue weighted by molar-refractivity contribution is -0.132. The molecule has 58 valence electrons. The largest absolute Gasteiger partial charge is 0.298 e. The van der Waals surface area contributed by atoms with Crippen LogP contribution < -0.4 is 0 Å². The van der Waals surface area contributed by atoms with Gasteiger partial charge in [0.1, 0.15) is 0 Å². The third-order valence-electron chi connectivity index (χ3n) is 0.822. The van der Waals surface area contributed by atoms with E-state index in [1.165, 1.54) is 0 Å². The molecule has 0 aromatic heterocycles. The van der Waals surface area contributed by atoms with Gasteiger partial charge in [-0.05, 0) is 6.92 Å². The molecular weight excluding hydrogens is 166 g/mol. The number of alkyl halides is 3. The molecule has 0 heterocycles. The molecule has 1 unspecified atom stereocenters. The smallest absolute Gasteiger partial charge is 0.297 e. The molecule has 0 aliphatic carbocycles. The topological polar surface area (TPSA) is 34.1 Å². The van der Waals surface area contributed by atoms with Crippen molar-refractivity contribution >= 4 is 23.2 Å². The lowest BCUT2D eigenvalue weighted by atomic mass is 10.2. The van der Waals surface area contributed by atoms with Crippen molar-refractivity contribution in [3.05, 3.63) is 0 Å². The van der Waals surface area contributed by atoms with Crippen LogP contribution >= 0.6 is 11.6 Å². The van der Waals surface area contributed by atoms with E-state index < -0.39 is 23.4 Å². The Balaban J connectivity index is 4.08. The van der Waals surface area contributed by atoms with Crippen LogP contribution in [0.1, 0.15) is 6.92 Å². The van der Waals surface area contributed by atoms with Gasteiger partial charge in [0, 0.05) is 0 Å². The van der Waals surface area contributed by atoms with E-state index >= 15 is 0 Å². The predicted octanol–water partition coefficient (Wildman–Crippen LogP) is 1.02. The molecule has 5 heteroatoms. The summed E-state index contributed by atoms with van der Waals surface area (Å²) in [5.41, 5.74) is 0. The number of Topliss-reactive ketones (excluding diaryl/α,β-unsaturated/α-hetero) is 2. The zero-order valence-electron chi connectivity index (χ0n) is 5.11. The van der Waals surface area contributed by atoms with Crippen molar-refractivity contribution in [3.8, 4) is 0 Å². The number of hydrogen-bond donors (Lipinski definition) is 0. The molecule has 0 saturated heterocycles. The fraction of sp³-hybridized carbons (Fsp3) is 0.600. The Labute approximate surface area is 61.2 Å². The molecule has 0 spiro atoms. The lowest BCUT2D eigenvalue weighted by Gasteiger charge is -2.01. The zero-order valence-corrected chi connectivity index (χ0v) is 5.86. The maximum atomic E-state index is 11.5. The lowest BCUT2D eigenvalue weighted by Crippen LogP contribution is -2.27. The van der Waals surface area contributed by atoms with Crippen molar-refractivity contribution in [3.63, 3.8) is 0 Å². The fourth-order valence-electron chi connectivity index (χ4n) is 0.311. The minimum absolute atomic E-state index is 0.757. The SMILES string of the molecule is CC(=O)C(Cl)C(=O)C(F)F. The number of rotatable bonds is 3. The van der Waals surface area contributed by atoms with Gasteiger partial charge in [-0.15, -0.1) is 11.6 Å². The predicted molar refractivity (Wildman–Crippen MR) is 31.3 cm³/mol. The van der Waals surface area contributed by atoms with Crippen LogP contribution in [0.2, 0.25) is 0 Å². The Morgan fingerprint density at radius 3 is 1.90 bits per heavy atom. The third-order valence-corrected chi connectivity index (χ3v) is 1.34. The van der Waals surface area contributed by atoms with Gasteiger partial charge < -0.3 is 0 Å². The van der Waals surface area contributed by atoms with Crippen LogP contribution in [0.25, 0.3) is 0 Å². The summed E-state index contributed by atoms with van der Waals surface area (Å²) >= 11 is 4.98. The Bertz CT molecular complexity index is 158. The molecule has 0 radical (unpaired) electrons. The van der Waals surface area contributed by atoms with Crippen LogP contribution in [0, 0.1) is 0 Å². The van der Waals surface area contributed by atoms with Crippen LogP contribution in [0.4, 0.5) is 8.78 Å². The standard InChI is InChI=1S/C5H5ClF2O2/c1-2(9)3(6)4(10)5(7)8/h3,5H,1H3. The molecule has 2 nitrogen and oxygen atoms in total. The summed E-state index contributed by atoms with van der Waals surface area (Å²) in [4.78, 5) is 20.4. The van der Waals surface area contributed by atoms with Gasteiger partial charge in [-0.3, -0.25) is 9.59 Å². The average molecular weight is 171 g/mol. The van der Waals surface area contributed by atoms with Crippen molar-refractivity contribution in [2.24, 2.45) is 0 Å². The third kappa shape index (κ3) is 2.39. The van der Waals surface area contributed by atoms with E-state index in [4.69, 9.17) is 11.6 Å². The second-order valence-electron chi connectivity index (χ2n) is 1.68. The highest BCUT2D eigenvalue weighted by Crippen LogP contribution is 2.06. The highest BCUT2D eigenvalue weighted by atomic mass is 35.5. The van der Waals surface area contributed by atoms with E-state index in [0.29, 0.717) is 0 Å².